The lowest BCUT2D eigenvalue weighted by molar-refractivity contribution is -0.119. The molecule has 0 aliphatic carbocycles. The van der Waals surface area contributed by atoms with E-state index in [-0.39, 0.29) is 5.91 Å². The number of carbonyl (C=O) groups excluding carboxylic acids is 1. The summed E-state index contributed by atoms with van der Waals surface area (Å²) in [6, 6.07) is 0. The van der Waals surface area contributed by atoms with Gasteiger partial charge in [-0.1, -0.05) is 0 Å². The van der Waals surface area contributed by atoms with E-state index >= 15 is 0 Å². The summed E-state index contributed by atoms with van der Waals surface area (Å²) in [6.45, 7) is 3.69. The van der Waals surface area contributed by atoms with Gasteiger partial charge in [0.1, 0.15) is 0 Å². The Kier molecular flexibility index (Phi) is 4.70. The molecule has 1 aromatic heterocycles. The molecule has 1 aliphatic rings. The number of aromatic nitrogens is 2. The number of rotatable bonds is 4. The summed E-state index contributed by atoms with van der Waals surface area (Å²) >= 11 is 0. The molecule has 7 heteroatoms. The van der Waals surface area contributed by atoms with Crippen LogP contribution in [0, 0.1) is 11.7 Å². The number of hydrogen-bond donors (Lipinski definition) is 2. The van der Waals surface area contributed by atoms with Crippen molar-refractivity contribution in [3.05, 3.63) is 12.0 Å². The normalized spacial score (nSPS) is 16.1. The van der Waals surface area contributed by atoms with Crippen LogP contribution in [0.4, 0.5) is 16.2 Å². The van der Waals surface area contributed by atoms with Crippen LogP contribution in [-0.2, 0) is 4.79 Å². The second-order valence-electron chi connectivity index (χ2n) is 4.98. The van der Waals surface area contributed by atoms with Crippen LogP contribution in [0.5, 0.6) is 0 Å². The first-order chi connectivity index (χ1) is 9.60. The standard InChI is InChI=1S/C13H20FN5O/c1-9(20)16-7-10-3-5-19(6-4-10)12-11(14)8-17-13(15-2)18-12/h8,10H,3-7H2,1-2H3,(H,16,20)(H,15,17,18). The highest BCUT2D eigenvalue weighted by Crippen LogP contribution is 2.24. The Morgan fingerprint density at radius 3 is 2.80 bits per heavy atom. The van der Waals surface area contributed by atoms with Gasteiger partial charge >= 0.3 is 0 Å². The Labute approximate surface area is 117 Å². The fourth-order valence-corrected chi connectivity index (χ4v) is 2.34. The third kappa shape index (κ3) is 3.55. The van der Waals surface area contributed by atoms with Gasteiger partial charge in [-0.05, 0) is 18.8 Å². The van der Waals surface area contributed by atoms with Gasteiger partial charge in [0.05, 0.1) is 6.20 Å². The first-order valence-corrected chi connectivity index (χ1v) is 6.80. The summed E-state index contributed by atoms with van der Waals surface area (Å²) in [5.41, 5.74) is 0. The van der Waals surface area contributed by atoms with Gasteiger partial charge in [-0.15, -0.1) is 0 Å². The monoisotopic (exact) mass is 281 g/mol. The maximum Gasteiger partial charge on any atom is 0.224 e. The van der Waals surface area contributed by atoms with Crippen molar-refractivity contribution in [1.82, 2.24) is 15.3 Å². The number of carbonyl (C=O) groups is 1. The average molecular weight is 281 g/mol. The van der Waals surface area contributed by atoms with Crippen LogP contribution < -0.4 is 15.5 Å². The third-order valence-corrected chi connectivity index (χ3v) is 3.50. The molecule has 1 aliphatic heterocycles. The van der Waals surface area contributed by atoms with Crippen molar-refractivity contribution in [2.45, 2.75) is 19.8 Å². The highest BCUT2D eigenvalue weighted by molar-refractivity contribution is 5.72. The molecule has 2 rings (SSSR count). The predicted molar refractivity (Wildman–Crippen MR) is 75.2 cm³/mol. The van der Waals surface area contributed by atoms with Gasteiger partial charge < -0.3 is 15.5 Å². The van der Waals surface area contributed by atoms with Gasteiger partial charge in [0, 0.05) is 33.6 Å². The lowest BCUT2D eigenvalue weighted by atomic mass is 9.97. The van der Waals surface area contributed by atoms with Crippen molar-refractivity contribution in [2.75, 3.05) is 36.9 Å². The molecule has 0 saturated carbocycles. The van der Waals surface area contributed by atoms with E-state index in [1.807, 2.05) is 4.90 Å². The lowest BCUT2D eigenvalue weighted by Gasteiger charge is -2.32. The molecular weight excluding hydrogens is 261 g/mol. The van der Waals surface area contributed by atoms with Gasteiger partial charge in [-0.25, -0.2) is 9.37 Å². The topological polar surface area (TPSA) is 70.2 Å². The van der Waals surface area contributed by atoms with E-state index in [2.05, 4.69) is 20.6 Å². The number of nitrogens with zero attached hydrogens (tertiary/aromatic N) is 3. The summed E-state index contributed by atoms with van der Waals surface area (Å²) in [6.07, 6.45) is 3.02. The molecule has 2 N–H and O–H groups in total. The fourth-order valence-electron chi connectivity index (χ4n) is 2.34. The first-order valence-electron chi connectivity index (χ1n) is 6.80. The Morgan fingerprint density at radius 1 is 1.50 bits per heavy atom. The number of anilines is 2. The lowest BCUT2D eigenvalue weighted by Crippen LogP contribution is -2.39. The minimum Gasteiger partial charge on any atom is -0.357 e. The molecule has 0 spiro atoms. The first kappa shape index (κ1) is 14.5. The molecule has 0 radical (unpaired) electrons. The van der Waals surface area contributed by atoms with Crippen molar-refractivity contribution in [3.8, 4) is 0 Å². The number of nitrogens with one attached hydrogen (secondary N) is 2. The molecule has 0 bridgehead atoms. The SMILES string of the molecule is CNc1ncc(F)c(N2CCC(CNC(C)=O)CC2)n1. The minimum atomic E-state index is -0.399. The van der Waals surface area contributed by atoms with Crippen molar-refractivity contribution < 1.29 is 9.18 Å². The largest absolute Gasteiger partial charge is 0.357 e. The molecule has 1 amide bonds. The van der Waals surface area contributed by atoms with E-state index in [1.165, 1.54) is 13.1 Å². The Morgan fingerprint density at radius 2 is 2.20 bits per heavy atom. The van der Waals surface area contributed by atoms with E-state index in [0.717, 1.165) is 25.9 Å². The molecule has 0 aromatic carbocycles. The van der Waals surface area contributed by atoms with Crippen molar-refractivity contribution in [2.24, 2.45) is 5.92 Å². The van der Waals surface area contributed by atoms with Crippen molar-refractivity contribution in [3.63, 3.8) is 0 Å². The molecule has 6 nitrogen and oxygen atoms in total. The summed E-state index contributed by atoms with van der Waals surface area (Å²) in [7, 11) is 1.71. The van der Waals surface area contributed by atoms with E-state index in [4.69, 9.17) is 0 Å². The zero-order valence-electron chi connectivity index (χ0n) is 11.8. The summed E-state index contributed by atoms with van der Waals surface area (Å²) in [4.78, 5) is 20.8. The number of amides is 1. The van der Waals surface area contributed by atoms with Gasteiger partial charge in [0.15, 0.2) is 11.6 Å². The number of hydrogen-bond acceptors (Lipinski definition) is 5. The van der Waals surface area contributed by atoms with Crippen LogP contribution in [0.15, 0.2) is 6.20 Å². The molecule has 1 saturated heterocycles. The number of piperidine rings is 1. The van der Waals surface area contributed by atoms with Crippen LogP contribution in [0.1, 0.15) is 19.8 Å². The quantitative estimate of drug-likeness (QED) is 0.862. The van der Waals surface area contributed by atoms with Crippen LogP contribution in [0.3, 0.4) is 0 Å². The van der Waals surface area contributed by atoms with Crippen LogP contribution >= 0.6 is 0 Å². The van der Waals surface area contributed by atoms with Crippen LogP contribution in [-0.4, -0.2) is 42.6 Å². The van der Waals surface area contributed by atoms with Gasteiger partial charge in [-0.3, -0.25) is 4.79 Å². The maximum atomic E-state index is 13.8. The van der Waals surface area contributed by atoms with Gasteiger partial charge in [-0.2, -0.15) is 4.98 Å². The zero-order chi connectivity index (χ0) is 14.5. The van der Waals surface area contributed by atoms with Crippen molar-refractivity contribution >= 4 is 17.7 Å². The summed E-state index contributed by atoms with van der Waals surface area (Å²) < 4.78 is 13.8. The molecule has 110 valence electrons. The molecule has 0 atom stereocenters. The average Bonchev–Trinajstić information content (AvgIpc) is 2.46. The molecule has 1 fully saturated rings. The van der Waals surface area contributed by atoms with Crippen LogP contribution in [0.2, 0.25) is 0 Å². The van der Waals surface area contributed by atoms with Crippen molar-refractivity contribution in [1.29, 1.82) is 0 Å². The van der Waals surface area contributed by atoms with E-state index < -0.39 is 5.82 Å². The Hall–Kier alpha value is -1.92. The maximum absolute atomic E-state index is 13.8. The van der Waals surface area contributed by atoms with Gasteiger partial charge in [0.2, 0.25) is 11.9 Å². The zero-order valence-corrected chi connectivity index (χ0v) is 11.8. The molecular formula is C13H20FN5O. The second-order valence-corrected chi connectivity index (χ2v) is 4.98. The molecule has 0 unspecified atom stereocenters. The molecule has 1 aromatic rings. The highest BCUT2D eigenvalue weighted by atomic mass is 19.1. The van der Waals surface area contributed by atoms with Crippen LogP contribution in [0.25, 0.3) is 0 Å². The summed E-state index contributed by atoms with van der Waals surface area (Å²) in [5.74, 6) is 0.810. The van der Waals surface area contributed by atoms with E-state index in [9.17, 15) is 9.18 Å². The fraction of sp³-hybridized carbons (Fsp3) is 0.615. The third-order valence-electron chi connectivity index (χ3n) is 3.50. The second kappa shape index (κ2) is 6.49. The highest BCUT2D eigenvalue weighted by Gasteiger charge is 2.22. The minimum absolute atomic E-state index is 0.00654. The Bertz CT molecular complexity index is 474. The molecule has 2 heterocycles. The predicted octanol–water partition coefficient (Wildman–Crippen LogP) is 1.01. The smallest absolute Gasteiger partial charge is 0.224 e. The van der Waals surface area contributed by atoms with E-state index in [1.54, 1.807) is 7.05 Å². The van der Waals surface area contributed by atoms with Gasteiger partial charge in [0.25, 0.3) is 0 Å². The summed E-state index contributed by atoms with van der Waals surface area (Å²) in [5, 5.41) is 5.64. The molecule has 20 heavy (non-hydrogen) atoms. The van der Waals surface area contributed by atoms with E-state index in [0.29, 0.717) is 24.2 Å². The Balaban J connectivity index is 1.95. The number of halogens is 1.